The molecular weight excluding hydrogens is 250 g/mol. The Hall–Kier alpha value is -2.24. The molecule has 0 atom stereocenters. The summed E-state index contributed by atoms with van der Waals surface area (Å²) in [6.07, 6.45) is 0. The molecule has 0 bridgehead atoms. The molecule has 2 N–H and O–H groups in total. The summed E-state index contributed by atoms with van der Waals surface area (Å²) in [4.78, 5) is 21.5. The number of ether oxygens (including phenoxy) is 2. The fourth-order valence-corrected chi connectivity index (χ4v) is 1.81. The number of nitrogens with one attached hydrogen (secondary N) is 1. The zero-order valence-corrected chi connectivity index (χ0v) is 11.4. The fraction of sp³-hybridized carbons (Fsp3) is 0.385. The zero-order valence-electron chi connectivity index (χ0n) is 11.4. The number of carbonyl (C=O) groups excluding carboxylic acids is 1. The number of aliphatic carboxylic acids is 1. The average Bonchev–Trinajstić information content (AvgIpc) is 2.39. The van der Waals surface area contributed by atoms with Crippen LogP contribution >= 0.6 is 0 Å². The van der Waals surface area contributed by atoms with E-state index in [9.17, 15) is 9.59 Å². The number of methoxy groups -OCH3 is 2. The van der Waals surface area contributed by atoms with Gasteiger partial charge in [0.05, 0.1) is 14.2 Å². The van der Waals surface area contributed by atoms with Gasteiger partial charge in [0.2, 0.25) is 0 Å². The standard InChI is InChI=1S/C13H17NO5/c1-7-8(2)11(19-4)9(5-10(7)18-3)6-14-12(15)13(16)17/h5H,6H2,1-4H3,(H,14,15)(H,16,17). The van der Waals surface area contributed by atoms with E-state index in [0.717, 1.165) is 11.1 Å². The summed E-state index contributed by atoms with van der Waals surface area (Å²) >= 11 is 0. The molecule has 19 heavy (non-hydrogen) atoms. The molecule has 0 fully saturated rings. The minimum absolute atomic E-state index is 0.0613. The first kappa shape index (κ1) is 14.8. The molecule has 1 aromatic rings. The Kier molecular flexibility index (Phi) is 4.74. The van der Waals surface area contributed by atoms with Gasteiger partial charge in [-0.3, -0.25) is 4.79 Å². The van der Waals surface area contributed by atoms with Gasteiger partial charge in [-0.25, -0.2) is 4.79 Å². The first-order valence-corrected chi connectivity index (χ1v) is 5.64. The Morgan fingerprint density at radius 1 is 1.21 bits per heavy atom. The topological polar surface area (TPSA) is 84.9 Å². The maximum Gasteiger partial charge on any atom is 0.394 e. The highest BCUT2D eigenvalue weighted by atomic mass is 16.5. The van der Waals surface area contributed by atoms with Gasteiger partial charge in [0.25, 0.3) is 0 Å². The van der Waals surface area contributed by atoms with Crippen molar-refractivity contribution >= 4 is 11.9 Å². The summed E-state index contributed by atoms with van der Waals surface area (Å²) in [6.45, 7) is 3.83. The van der Waals surface area contributed by atoms with Crippen LogP contribution < -0.4 is 14.8 Å². The number of carboxylic acid groups (broad SMARTS) is 1. The monoisotopic (exact) mass is 267 g/mol. The lowest BCUT2D eigenvalue weighted by Crippen LogP contribution is -2.30. The van der Waals surface area contributed by atoms with Gasteiger partial charge in [-0.2, -0.15) is 0 Å². The Balaban J connectivity index is 3.08. The van der Waals surface area contributed by atoms with Crippen molar-refractivity contribution in [3.63, 3.8) is 0 Å². The smallest absolute Gasteiger partial charge is 0.394 e. The van der Waals surface area contributed by atoms with Crippen LogP contribution in [0.5, 0.6) is 11.5 Å². The summed E-state index contributed by atoms with van der Waals surface area (Å²) in [7, 11) is 3.07. The molecule has 0 saturated carbocycles. The maximum atomic E-state index is 11.0. The van der Waals surface area contributed by atoms with Crippen LogP contribution in [-0.4, -0.2) is 31.2 Å². The van der Waals surface area contributed by atoms with E-state index < -0.39 is 11.9 Å². The predicted octanol–water partition coefficient (Wildman–Crippen LogP) is 1.02. The van der Waals surface area contributed by atoms with Crippen molar-refractivity contribution in [3.8, 4) is 11.5 Å². The van der Waals surface area contributed by atoms with E-state index in [1.54, 1.807) is 13.2 Å². The van der Waals surface area contributed by atoms with Crippen LogP contribution in [0.25, 0.3) is 0 Å². The molecule has 0 spiro atoms. The molecular formula is C13H17NO5. The van der Waals surface area contributed by atoms with Gasteiger partial charge in [-0.1, -0.05) is 0 Å². The van der Waals surface area contributed by atoms with Crippen molar-refractivity contribution in [2.24, 2.45) is 0 Å². The summed E-state index contributed by atoms with van der Waals surface area (Å²) in [5.74, 6) is -1.30. The highest BCUT2D eigenvalue weighted by Gasteiger charge is 2.16. The van der Waals surface area contributed by atoms with Crippen molar-refractivity contribution in [2.45, 2.75) is 20.4 Å². The van der Waals surface area contributed by atoms with E-state index in [-0.39, 0.29) is 6.54 Å². The molecule has 0 aromatic heterocycles. The summed E-state index contributed by atoms with van der Waals surface area (Å²) < 4.78 is 10.5. The van der Waals surface area contributed by atoms with Gasteiger partial charge >= 0.3 is 11.9 Å². The van der Waals surface area contributed by atoms with E-state index in [2.05, 4.69) is 5.32 Å². The van der Waals surface area contributed by atoms with Gasteiger partial charge in [0, 0.05) is 12.1 Å². The highest BCUT2D eigenvalue weighted by molar-refractivity contribution is 6.31. The lowest BCUT2D eigenvalue weighted by molar-refractivity contribution is -0.150. The summed E-state index contributed by atoms with van der Waals surface area (Å²) in [5, 5.41) is 10.8. The number of rotatable bonds is 4. The van der Waals surface area contributed by atoms with Crippen molar-refractivity contribution < 1.29 is 24.2 Å². The van der Waals surface area contributed by atoms with Crippen molar-refractivity contribution in [2.75, 3.05) is 14.2 Å². The second-order valence-corrected chi connectivity index (χ2v) is 4.01. The van der Waals surface area contributed by atoms with E-state index in [4.69, 9.17) is 14.6 Å². The molecule has 0 saturated heterocycles. The number of amides is 1. The molecule has 1 aromatic carbocycles. The Labute approximate surface area is 111 Å². The lowest BCUT2D eigenvalue weighted by Gasteiger charge is -2.16. The van der Waals surface area contributed by atoms with Crippen LogP contribution in [0.15, 0.2) is 6.07 Å². The Morgan fingerprint density at radius 2 is 1.84 bits per heavy atom. The molecule has 0 aliphatic rings. The molecule has 6 heteroatoms. The second-order valence-electron chi connectivity index (χ2n) is 4.01. The van der Waals surface area contributed by atoms with Crippen LogP contribution in [0.2, 0.25) is 0 Å². The fourth-order valence-electron chi connectivity index (χ4n) is 1.81. The van der Waals surface area contributed by atoms with Crippen LogP contribution in [-0.2, 0) is 16.1 Å². The number of carbonyl (C=O) groups is 2. The third kappa shape index (κ3) is 3.15. The number of benzene rings is 1. The van der Waals surface area contributed by atoms with Crippen molar-refractivity contribution in [1.29, 1.82) is 0 Å². The summed E-state index contributed by atoms with van der Waals surface area (Å²) in [6, 6.07) is 1.73. The maximum absolute atomic E-state index is 11.0. The molecule has 0 radical (unpaired) electrons. The van der Waals surface area contributed by atoms with E-state index in [1.165, 1.54) is 7.11 Å². The first-order valence-electron chi connectivity index (χ1n) is 5.64. The van der Waals surface area contributed by atoms with Crippen LogP contribution in [0.3, 0.4) is 0 Å². The normalized spacial score (nSPS) is 9.89. The SMILES string of the molecule is COc1cc(CNC(=O)C(=O)O)c(OC)c(C)c1C. The van der Waals surface area contributed by atoms with Crippen LogP contribution in [0.4, 0.5) is 0 Å². The predicted molar refractivity (Wildman–Crippen MR) is 68.5 cm³/mol. The molecule has 1 amide bonds. The second kappa shape index (κ2) is 6.08. The van der Waals surface area contributed by atoms with Gasteiger partial charge in [-0.15, -0.1) is 0 Å². The van der Waals surface area contributed by atoms with E-state index in [0.29, 0.717) is 17.1 Å². The molecule has 0 unspecified atom stereocenters. The average molecular weight is 267 g/mol. The molecule has 104 valence electrons. The molecule has 0 aliphatic carbocycles. The third-order valence-electron chi connectivity index (χ3n) is 2.93. The zero-order chi connectivity index (χ0) is 14.6. The largest absolute Gasteiger partial charge is 0.496 e. The third-order valence-corrected chi connectivity index (χ3v) is 2.93. The lowest BCUT2D eigenvalue weighted by atomic mass is 10.0. The quantitative estimate of drug-likeness (QED) is 0.796. The highest BCUT2D eigenvalue weighted by Crippen LogP contribution is 2.33. The van der Waals surface area contributed by atoms with Crippen molar-refractivity contribution in [1.82, 2.24) is 5.32 Å². The minimum atomic E-state index is -1.52. The van der Waals surface area contributed by atoms with Crippen LogP contribution in [0.1, 0.15) is 16.7 Å². The Bertz CT molecular complexity index is 510. The van der Waals surface area contributed by atoms with E-state index in [1.807, 2.05) is 13.8 Å². The first-order chi connectivity index (χ1) is 8.92. The minimum Gasteiger partial charge on any atom is -0.496 e. The molecule has 1 rings (SSSR count). The number of hydrogen-bond donors (Lipinski definition) is 2. The number of hydrogen-bond acceptors (Lipinski definition) is 4. The van der Waals surface area contributed by atoms with Gasteiger partial charge in [-0.05, 0) is 31.0 Å². The van der Waals surface area contributed by atoms with Gasteiger partial charge in [0.15, 0.2) is 0 Å². The molecule has 6 nitrogen and oxygen atoms in total. The van der Waals surface area contributed by atoms with Gasteiger partial charge < -0.3 is 19.9 Å². The number of carboxylic acids is 1. The van der Waals surface area contributed by atoms with Crippen molar-refractivity contribution in [3.05, 3.63) is 22.8 Å². The van der Waals surface area contributed by atoms with E-state index >= 15 is 0 Å². The Morgan fingerprint density at radius 3 is 2.32 bits per heavy atom. The van der Waals surface area contributed by atoms with Crippen LogP contribution in [0, 0.1) is 13.8 Å². The van der Waals surface area contributed by atoms with Gasteiger partial charge in [0.1, 0.15) is 11.5 Å². The molecule has 0 aliphatic heterocycles. The summed E-state index contributed by atoms with van der Waals surface area (Å²) in [5.41, 5.74) is 2.49. The molecule has 0 heterocycles.